The summed E-state index contributed by atoms with van der Waals surface area (Å²) in [5.41, 5.74) is 7.29. The van der Waals surface area contributed by atoms with E-state index in [-0.39, 0.29) is 0 Å². The Morgan fingerprint density at radius 3 is 2.72 bits per heavy atom. The summed E-state index contributed by atoms with van der Waals surface area (Å²) in [4.78, 5) is 9.02. The van der Waals surface area contributed by atoms with Crippen molar-refractivity contribution in [2.45, 2.75) is 19.5 Å². The number of likely N-dealkylation sites (N-methyl/N-ethyl adjacent to an activating group) is 1. The lowest BCUT2D eigenvalue weighted by Crippen LogP contribution is -2.55. The molecule has 1 unspecified atom stereocenters. The van der Waals surface area contributed by atoms with E-state index in [4.69, 9.17) is 5.73 Å². The first kappa shape index (κ1) is 12.9. The van der Waals surface area contributed by atoms with Gasteiger partial charge in [-0.25, -0.2) is 4.99 Å². The normalized spacial score (nSPS) is 22.2. The van der Waals surface area contributed by atoms with E-state index in [0.717, 1.165) is 19.6 Å². The van der Waals surface area contributed by atoms with Crippen molar-refractivity contribution in [3.63, 3.8) is 0 Å². The second kappa shape index (κ2) is 5.87. The summed E-state index contributed by atoms with van der Waals surface area (Å²) in [6.07, 6.45) is 0. The van der Waals surface area contributed by atoms with Gasteiger partial charge in [0.1, 0.15) is 0 Å². The lowest BCUT2D eigenvalue weighted by molar-refractivity contribution is 0.160. The minimum atomic E-state index is 0.434. The van der Waals surface area contributed by atoms with Crippen LogP contribution in [0.5, 0.6) is 0 Å². The van der Waals surface area contributed by atoms with Gasteiger partial charge in [0.15, 0.2) is 5.96 Å². The highest BCUT2D eigenvalue weighted by molar-refractivity contribution is 5.78. The molecule has 1 aliphatic rings. The maximum absolute atomic E-state index is 6.09. The molecule has 0 bridgehead atoms. The molecule has 1 heterocycles. The van der Waals surface area contributed by atoms with Gasteiger partial charge >= 0.3 is 0 Å². The lowest BCUT2D eigenvalue weighted by atomic mass is 10.2. The molecule has 1 atom stereocenters. The Labute approximate surface area is 109 Å². The molecular weight excluding hydrogens is 224 g/mol. The Balaban J connectivity index is 1.96. The Morgan fingerprint density at radius 1 is 1.33 bits per heavy atom. The highest BCUT2D eigenvalue weighted by atomic mass is 15.3. The minimum Gasteiger partial charge on any atom is -0.370 e. The SMILES string of the molecule is CC1CN(C)CCN1C(N)=NCc1ccccc1. The summed E-state index contributed by atoms with van der Waals surface area (Å²) >= 11 is 0. The van der Waals surface area contributed by atoms with Crippen LogP contribution in [-0.4, -0.2) is 48.5 Å². The van der Waals surface area contributed by atoms with E-state index in [1.165, 1.54) is 5.56 Å². The Hall–Kier alpha value is -1.55. The molecule has 1 aliphatic heterocycles. The summed E-state index contributed by atoms with van der Waals surface area (Å²) in [5.74, 6) is 0.666. The van der Waals surface area contributed by atoms with E-state index in [2.05, 4.69) is 40.9 Å². The van der Waals surface area contributed by atoms with Crippen molar-refractivity contribution >= 4 is 5.96 Å². The second-order valence-corrected chi connectivity index (χ2v) is 4.96. The average molecular weight is 246 g/mol. The topological polar surface area (TPSA) is 44.9 Å². The quantitative estimate of drug-likeness (QED) is 0.628. The van der Waals surface area contributed by atoms with Gasteiger partial charge in [-0.1, -0.05) is 30.3 Å². The van der Waals surface area contributed by atoms with Crippen molar-refractivity contribution in [2.24, 2.45) is 10.7 Å². The molecule has 1 saturated heterocycles. The number of nitrogens with zero attached hydrogens (tertiary/aromatic N) is 3. The van der Waals surface area contributed by atoms with Crippen LogP contribution in [0, 0.1) is 0 Å². The zero-order valence-electron chi connectivity index (χ0n) is 11.2. The first-order chi connectivity index (χ1) is 8.66. The number of piperazine rings is 1. The van der Waals surface area contributed by atoms with Gasteiger partial charge in [-0.05, 0) is 19.5 Å². The maximum atomic E-state index is 6.09. The summed E-state index contributed by atoms with van der Waals surface area (Å²) in [6, 6.07) is 10.6. The van der Waals surface area contributed by atoms with Gasteiger partial charge in [-0.15, -0.1) is 0 Å². The molecule has 1 fully saturated rings. The number of guanidine groups is 1. The fraction of sp³-hybridized carbons (Fsp3) is 0.500. The average Bonchev–Trinajstić information content (AvgIpc) is 2.37. The van der Waals surface area contributed by atoms with E-state index in [0.29, 0.717) is 18.5 Å². The van der Waals surface area contributed by atoms with Gasteiger partial charge in [0, 0.05) is 25.7 Å². The molecule has 2 N–H and O–H groups in total. The van der Waals surface area contributed by atoms with E-state index < -0.39 is 0 Å². The van der Waals surface area contributed by atoms with Crippen LogP contribution in [0.15, 0.2) is 35.3 Å². The molecule has 0 aromatic heterocycles. The zero-order valence-corrected chi connectivity index (χ0v) is 11.2. The van der Waals surface area contributed by atoms with Crippen LogP contribution >= 0.6 is 0 Å². The summed E-state index contributed by atoms with van der Waals surface area (Å²) in [6.45, 7) is 5.90. The summed E-state index contributed by atoms with van der Waals surface area (Å²) < 4.78 is 0. The highest BCUT2D eigenvalue weighted by Crippen LogP contribution is 2.08. The molecule has 0 radical (unpaired) electrons. The zero-order chi connectivity index (χ0) is 13.0. The van der Waals surface area contributed by atoms with Crippen LogP contribution in [0.25, 0.3) is 0 Å². The third-order valence-electron chi connectivity index (χ3n) is 3.39. The van der Waals surface area contributed by atoms with Crippen molar-refractivity contribution in [3.05, 3.63) is 35.9 Å². The molecular formula is C14H22N4. The monoisotopic (exact) mass is 246 g/mol. The van der Waals surface area contributed by atoms with Crippen LogP contribution in [0.2, 0.25) is 0 Å². The summed E-state index contributed by atoms with van der Waals surface area (Å²) in [7, 11) is 2.14. The van der Waals surface area contributed by atoms with Gasteiger partial charge in [-0.2, -0.15) is 0 Å². The van der Waals surface area contributed by atoms with E-state index in [1.807, 2.05) is 18.2 Å². The van der Waals surface area contributed by atoms with E-state index in [1.54, 1.807) is 0 Å². The predicted octanol–water partition coefficient (Wildman–Crippen LogP) is 1.14. The van der Waals surface area contributed by atoms with Crippen molar-refractivity contribution in [2.75, 3.05) is 26.7 Å². The molecule has 0 aliphatic carbocycles. The first-order valence-electron chi connectivity index (χ1n) is 6.46. The van der Waals surface area contributed by atoms with Crippen LogP contribution in [-0.2, 0) is 6.54 Å². The number of hydrogen-bond donors (Lipinski definition) is 1. The number of rotatable bonds is 2. The molecule has 1 aromatic rings. The van der Waals surface area contributed by atoms with Crippen molar-refractivity contribution in [1.82, 2.24) is 9.80 Å². The number of aliphatic imine (C=N–C) groups is 1. The Kier molecular flexibility index (Phi) is 4.20. The van der Waals surface area contributed by atoms with Crippen LogP contribution in [0.1, 0.15) is 12.5 Å². The minimum absolute atomic E-state index is 0.434. The van der Waals surface area contributed by atoms with Gasteiger partial charge in [-0.3, -0.25) is 0 Å². The molecule has 0 amide bonds. The number of nitrogens with two attached hydrogens (primary N) is 1. The number of hydrogen-bond acceptors (Lipinski definition) is 2. The number of benzene rings is 1. The van der Waals surface area contributed by atoms with Gasteiger partial charge < -0.3 is 15.5 Å². The van der Waals surface area contributed by atoms with Crippen LogP contribution in [0.4, 0.5) is 0 Å². The van der Waals surface area contributed by atoms with Crippen molar-refractivity contribution in [3.8, 4) is 0 Å². The summed E-state index contributed by atoms with van der Waals surface area (Å²) in [5, 5.41) is 0. The molecule has 4 nitrogen and oxygen atoms in total. The first-order valence-corrected chi connectivity index (χ1v) is 6.46. The van der Waals surface area contributed by atoms with E-state index >= 15 is 0 Å². The maximum Gasteiger partial charge on any atom is 0.191 e. The molecule has 1 aromatic carbocycles. The third kappa shape index (κ3) is 3.23. The largest absolute Gasteiger partial charge is 0.370 e. The van der Waals surface area contributed by atoms with Gasteiger partial charge in [0.2, 0.25) is 0 Å². The van der Waals surface area contributed by atoms with Crippen LogP contribution in [0.3, 0.4) is 0 Å². The molecule has 0 saturated carbocycles. The van der Waals surface area contributed by atoms with Crippen molar-refractivity contribution in [1.29, 1.82) is 0 Å². The van der Waals surface area contributed by atoms with Gasteiger partial charge in [0.05, 0.1) is 6.54 Å². The Bertz CT molecular complexity index is 402. The van der Waals surface area contributed by atoms with E-state index in [9.17, 15) is 0 Å². The van der Waals surface area contributed by atoms with Crippen LogP contribution < -0.4 is 5.73 Å². The molecule has 98 valence electrons. The smallest absolute Gasteiger partial charge is 0.191 e. The molecule has 18 heavy (non-hydrogen) atoms. The predicted molar refractivity (Wildman–Crippen MR) is 75.4 cm³/mol. The molecule has 0 spiro atoms. The molecule has 2 rings (SSSR count). The van der Waals surface area contributed by atoms with Crippen molar-refractivity contribution < 1.29 is 0 Å². The standard InChI is InChI=1S/C14H22N4/c1-12-11-17(2)8-9-18(12)14(15)16-10-13-6-4-3-5-7-13/h3-7,12H,8-11H2,1-2H3,(H2,15,16). The second-order valence-electron chi connectivity index (χ2n) is 4.96. The fourth-order valence-electron chi connectivity index (χ4n) is 2.33. The molecule has 4 heteroatoms. The lowest BCUT2D eigenvalue weighted by Gasteiger charge is -2.38. The fourth-order valence-corrected chi connectivity index (χ4v) is 2.33. The Morgan fingerprint density at radius 2 is 2.06 bits per heavy atom. The third-order valence-corrected chi connectivity index (χ3v) is 3.39. The van der Waals surface area contributed by atoms with Gasteiger partial charge in [0.25, 0.3) is 0 Å². The highest BCUT2D eigenvalue weighted by Gasteiger charge is 2.22.